The molecule has 0 aliphatic rings. The number of aliphatic hydroxyl groups excluding tert-OH is 1. The van der Waals surface area contributed by atoms with Crippen molar-refractivity contribution >= 4 is 5.97 Å². The van der Waals surface area contributed by atoms with E-state index in [4.69, 9.17) is 33.9 Å². The third-order valence-electron chi connectivity index (χ3n) is 3.42. The second-order valence-electron chi connectivity index (χ2n) is 5.90. The fourth-order valence-electron chi connectivity index (χ4n) is 1.37. The average molecular weight is 352 g/mol. The standard InChI is InChI=1S/C16H32O8/c1-5-16(3,4)15(19)23-10-13(9-22-11-20-6-2)24-12-21-8-7-14(17)18/h13-14,17-18H,5-12H2,1-4H3. The van der Waals surface area contributed by atoms with Crippen molar-refractivity contribution in [3.63, 3.8) is 0 Å². The first-order chi connectivity index (χ1) is 11.3. The van der Waals surface area contributed by atoms with Gasteiger partial charge in [0.15, 0.2) is 6.29 Å². The lowest BCUT2D eigenvalue weighted by Crippen LogP contribution is -2.33. The third kappa shape index (κ3) is 11.7. The molecule has 0 rings (SSSR count). The first-order valence-electron chi connectivity index (χ1n) is 8.21. The monoisotopic (exact) mass is 352 g/mol. The summed E-state index contributed by atoms with van der Waals surface area (Å²) in [5.74, 6) is -0.298. The van der Waals surface area contributed by atoms with E-state index in [1.165, 1.54) is 0 Å². The molecule has 0 aromatic rings. The van der Waals surface area contributed by atoms with E-state index in [-0.39, 0.29) is 45.8 Å². The summed E-state index contributed by atoms with van der Waals surface area (Å²) < 4.78 is 26.3. The lowest BCUT2D eigenvalue weighted by Gasteiger charge is -2.23. The molecule has 1 atom stereocenters. The van der Waals surface area contributed by atoms with E-state index in [9.17, 15) is 4.79 Å². The summed E-state index contributed by atoms with van der Waals surface area (Å²) in [5.41, 5.74) is -0.551. The number of rotatable bonds is 15. The number of carbonyl (C=O) groups is 1. The number of hydrogen-bond acceptors (Lipinski definition) is 8. The number of hydrogen-bond donors (Lipinski definition) is 2. The van der Waals surface area contributed by atoms with Gasteiger partial charge in [-0.1, -0.05) is 6.92 Å². The highest BCUT2D eigenvalue weighted by molar-refractivity contribution is 5.75. The average Bonchev–Trinajstić information content (AvgIpc) is 2.54. The van der Waals surface area contributed by atoms with Crippen molar-refractivity contribution in [3.8, 4) is 0 Å². The summed E-state index contributed by atoms with van der Waals surface area (Å²) in [6.45, 7) is 8.39. The molecular weight excluding hydrogens is 320 g/mol. The molecule has 0 spiro atoms. The molecule has 0 saturated heterocycles. The third-order valence-corrected chi connectivity index (χ3v) is 3.42. The molecule has 0 aliphatic carbocycles. The van der Waals surface area contributed by atoms with E-state index in [0.29, 0.717) is 13.0 Å². The van der Waals surface area contributed by atoms with Crippen molar-refractivity contribution < 1.29 is 38.7 Å². The highest BCUT2D eigenvalue weighted by atomic mass is 16.7. The molecule has 0 bridgehead atoms. The molecule has 144 valence electrons. The summed E-state index contributed by atoms with van der Waals surface area (Å²) in [4.78, 5) is 12.0. The molecule has 0 aliphatic heterocycles. The Morgan fingerprint density at radius 2 is 1.75 bits per heavy atom. The Kier molecular flexibility index (Phi) is 13.1. The maximum Gasteiger partial charge on any atom is 0.311 e. The molecule has 0 saturated carbocycles. The normalized spacial score (nSPS) is 13.3. The van der Waals surface area contributed by atoms with Crippen LogP contribution in [-0.2, 0) is 28.5 Å². The minimum Gasteiger partial charge on any atom is -0.462 e. The Morgan fingerprint density at radius 1 is 1.04 bits per heavy atom. The van der Waals surface area contributed by atoms with Crippen molar-refractivity contribution in [2.75, 3.05) is 40.0 Å². The molecule has 0 amide bonds. The van der Waals surface area contributed by atoms with Crippen LogP contribution in [0.25, 0.3) is 0 Å². The summed E-state index contributed by atoms with van der Waals surface area (Å²) >= 11 is 0. The lowest BCUT2D eigenvalue weighted by atomic mass is 9.91. The van der Waals surface area contributed by atoms with Gasteiger partial charge in [-0.2, -0.15) is 0 Å². The largest absolute Gasteiger partial charge is 0.462 e. The highest BCUT2D eigenvalue weighted by Crippen LogP contribution is 2.21. The fourth-order valence-corrected chi connectivity index (χ4v) is 1.37. The Bertz CT molecular complexity index is 319. The predicted octanol–water partition coefficient (Wildman–Crippen LogP) is 1.04. The Balaban J connectivity index is 4.19. The fraction of sp³-hybridized carbons (Fsp3) is 0.938. The summed E-state index contributed by atoms with van der Waals surface area (Å²) in [5, 5.41) is 17.4. The Hall–Kier alpha value is -0.770. The van der Waals surface area contributed by atoms with Gasteiger partial charge >= 0.3 is 5.97 Å². The maximum absolute atomic E-state index is 12.0. The quantitative estimate of drug-likeness (QED) is 0.256. The van der Waals surface area contributed by atoms with Crippen LogP contribution in [0.5, 0.6) is 0 Å². The van der Waals surface area contributed by atoms with Crippen molar-refractivity contribution in [2.45, 2.75) is 52.9 Å². The van der Waals surface area contributed by atoms with Gasteiger partial charge in [0.25, 0.3) is 0 Å². The minimum absolute atomic E-state index is 0.0420. The van der Waals surface area contributed by atoms with Crippen molar-refractivity contribution in [1.29, 1.82) is 0 Å². The molecule has 8 heteroatoms. The second kappa shape index (κ2) is 13.5. The van der Waals surface area contributed by atoms with Gasteiger partial charge in [0.2, 0.25) is 0 Å². The summed E-state index contributed by atoms with van der Waals surface area (Å²) in [7, 11) is 0. The van der Waals surface area contributed by atoms with Gasteiger partial charge in [-0.25, -0.2) is 0 Å². The smallest absolute Gasteiger partial charge is 0.311 e. The molecular formula is C16H32O8. The van der Waals surface area contributed by atoms with E-state index in [1.54, 1.807) is 0 Å². The van der Waals surface area contributed by atoms with Gasteiger partial charge in [0.05, 0.1) is 18.6 Å². The number of ether oxygens (including phenoxy) is 5. The molecule has 2 N–H and O–H groups in total. The topological polar surface area (TPSA) is 104 Å². The molecule has 1 unspecified atom stereocenters. The van der Waals surface area contributed by atoms with Gasteiger partial charge in [0, 0.05) is 13.0 Å². The molecule has 0 radical (unpaired) electrons. The molecule has 0 heterocycles. The van der Waals surface area contributed by atoms with Crippen LogP contribution in [0.1, 0.15) is 40.5 Å². The van der Waals surface area contributed by atoms with Crippen molar-refractivity contribution in [2.24, 2.45) is 5.41 Å². The van der Waals surface area contributed by atoms with Crippen LogP contribution in [-0.4, -0.2) is 68.6 Å². The van der Waals surface area contributed by atoms with Crippen LogP contribution >= 0.6 is 0 Å². The van der Waals surface area contributed by atoms with Crippen molar-refractivity contribution in [3.05, 3.63) is 0 Å². The zero-order chi connectivity index (χ0) is 18.4. The summed E-state index contributed by atoms with van der Waals surface area (Å²) in [6.07, 6.45) is -1.15. The van der Waals surface area contributed by atoms with E-state index in [1.807, 2.05) is 27.7 Å². The van der Waals surface area contributed by atoms with Gasteiger partial charge in [0.1, 0.15) is 26.3 Å². The van der Waals surface area contributed by atoms with Crippen LogP contribution < -0.4 is 0 Å². The molecule has 8 nitrogen and oxygen atoms in total. The van der Waals surface area contributed by atoms with Gasteiger partial charge in [-0.3, -0.25) is 4.79 Å². The van der Waals surface area contributed by atoms with E-state index < -0.39 is 17.8 Å². The molecule has 0 aromatic carbocycles. The lowest BCUT2D eigenvalue weighted by molar-refractivity contribution is -0.173. The zero-order valence-corrected chi connectivity index (χ0v) is 15.2. The van der Waals surface area contributed by atoms with Crippen LogP contribution in [0.2, 0.25) is 0 Å². The van der Waals surface area contributed by atoms with Crippen LogP contribution in [0, 0.1) is 5.41 Å². The second-order valence-corrected chi connectivity index (χ2v) is 5.90. The highest BCUT2D eigenvalue weighted by Gasteiger charge is 2.28. The van der Waals surface area contributed by atoms with Crippen LogP contribution in [0.4, 0.5) is 0 Å². The van der Waals surface area contributed by atoms with Crippen LogP contribution in [0.15, 0.2) is 0 Å². The molecule has 0 aromatic heterocycles. The SMILES string of the molecule is CCOCOCC(COC(=O)C(C)(C)CC)OCOCCC(O)O. The van der Waals surface area contributed by atoms with Crippen LogP contribution in [0.3, 0.4) is 0 Å². The van der Waals surface area contributed by atoms with Gasteiger partial charge in [-0.15, -0.1) is 0 Å². The summed E-state index contributed by atoms with van der Waals surface area (Å²) in [6, 6.07) is 0. The molecule has 0 fully saturated rings. The van der Waals surface area contributed by atoms with E-state index >= 15 is 0 Å². The zero-order valence-electron chi connectivity index (χ0n) is 15.2. The van der Waals surface area contributed by atoms with Gasteiger partial charge < -0.3 is 33.9 Å². The van der Waals surface area contributed by atoms with E-state index in [2.05, 4.69) is 0 Å². The maximum atomic E-state index is 12.0. The first kappa shape index (κ1) is 23.2. The number of aliphatic hydroxyl groups is 2. The predicted molar refractivity (Wildman–Crippen MR) is 86.0 cm³/mol. The molecule has 24 heavy (non-hydrogen) atoms. The van der Waals surface area contributed by atoms with Gasteiger partial charge in [-0.05, 0) is 27.2 Å². The minimum atomic E-state index is -1.41. The first-order valence-corrected chi connectivity index (χ1v) is 8.21. The number of esters is 1. The number of carbonyl (C=O) groups excluding carboxylic acids is 1. The van der Waals surface area contributed by atoms with E-state index in [0.717, 1.165) is 0 Å². The Labute approximate surface area is 144 Å². The van der Waals surface area contributed by atoms with Crippen molar-refractivity contribution in [1.82, 2.24) is 0 Å². The Morgan fingerprint density at radius 3 is 2.33 bits per heavy atom.